The summed E-state index contributed by atoms with van der Waals surface area (Å²) >= 11 is 0. The lowest BCUT2D eigenvalue weighted by Crippen LogP contribution is -2.30. The number of benzene rings is 2. The van der Waals surface area contributed by atoms with Gasteiger partial charge in [0.15, 0.2) is 0 Å². The lowest BCUT2D eigenvalue weighted by Gasteiger charge is -2.27. The Kier molecular flexibility index (Phi) is 4.74. The van der Waals surface area contributed by atoms with Crippen molar-refractivity contribution < 1.29 is 0 Å². The van der Waals surface area contributed by atoms with Crippen molar-refractivity contribution in [2.24, 2.45) is 0 Å². The Bertz CT molecular complexity index is 1160. The van der Waals surface area contributed by atoms with E-state index < -0.39 is 0 Å². The fraction of sp³-hybridized carbons (Fsp3) is 0.192. The second-order valence-corrected chi connectivity index (χ2v) is 7.86. The molecule has 0 spiro atoms. The number of hydrogen-bond acceptors (Lipinski definition) is 2. The third-order valence-electron chi connectivity index (χ3n) is 5.77. The second kappa shape index (κ2) is 7.69. The van der Waals surface area contributed by atoms with Gasteiger partial charge in [-0.25, -0.2) is 0 Å². The number of hydrogen-bond donors (Lipinski definition) is 0. The molecule has 0 saturated carbocycles. The van der Waals surface area contributed by atoms with Gasteiger partial charge in [-0.1, -0.05) is 48.0 Å². The minimum Gasteiger partial charge on any atom is -0.320 e. The average molecular weight is 380 g/mol. The molecule has 0 saturated heterocycles. The quantitative estimate of drug-likeness (QED) is 0.465. The van der Waals surface area contributed by atoms with Gasteiger partial charge in [-0.05, 0) is 47.9 Å². The largest absolute Gasteiger partial charge is 0.320 e. The van der Waals surface area contributed by atoms with Crippen molar-refractivity contribution in [3.05, 3.63) is 101 Å². The first-order chi connectivity index (χ1) is 14.3. The summed E-state index contributed by atoms with van der Waals surface area (Å²) in [5.41, 5.74) is 8.03. The Balaban J connectivity index is 1.52. The third kappa shape index (κ3) is 3.62. The molecular formula is C26H25N3. The van der Waals surface area contributed by atoms with E-state index in [-0.39, 0.29) is 0 Å². The average Bonchev–Trinajstić information content (AvgIpc) is 3.06. The fourth-order valence-corrected chi connectivity index (χ4v) is 4.34. The summed E-state index contributed by atoms with van der Waals surface area (Å²) in [4.78, 5) is 6.81. The topological polar surface area (TPSA) is 21.1 Å². The normalized spacial score (nSPS) is 14.5. The highest BCUT2D eigenvalue weighted by Crippen LogP contribution is 2.32. The summed E-state index contributed by atoms with van der Waals surface area (Å²) in [6.07, 6.45) is 9.32. The fourth-order valence-electron chi connectivity index (χ4n) is 4.34. The van der Waals surface area contributed by atoms with Gasteiger partial charge >= 0.3 is 0 Å². The molecule has 0 aliphatic carbocycles. The van der Waals surface area contributed by atoms with Gasteiger partial charge in [0.2, 0.25) is 0 Å². The standard InChI is InChI=1S/C26H25N3/c1-20-9-10-25-23(16-20)24-19-28(18-22-8-5-13-27-17-22)14-12-26(24)29(25)15-11-21-6-3-2-4-7-21/h2-11,13,15-17H,12,14,18-19H2,1H3/b15-11+. The van der Waals surface area contributed by atoms with Gasteiger partial charge in [-0.15, -0.1) is 0 Å². The molecule has 0 N–H and O–H groups in total. The highest BCUT2D eigenvalue weighted by atomic mass is 15.1. The monoisotopic (exact) mass is 379 g/mol. The Morgan fingerprint density at radius 2 is 1.93 bits per heavy atom. The van der Waals surface area contributed by atoms with Crippen molar-refractivity contribution in [3.8, 4) is 0 Å². The number of rotatable bonds is 4. The molecule has 5 rings (SSSR count). The van der Waals surface area contributed by atoms with Crippen LogP contribution in [0.4, 0.5) is 0 Å². The number of aryl methyl sites for hydroxylation is 1. The zero-order chi connectivity index (χ0) is 19.6. The van der Waals surface area contributed by atoms with Crippen LogP contribution in [0.3, 0.4) is 0 Å². The van der Waals surface area contributed by atoms with Gasteiger partial charge < -0.3 is 4.57 Å². The van der Waals surface area contributed by atoms with E-state index in [9.17, 15) is 0 Å². The first kappa shape index (κ1) is 17.9. The molecule has 0 atom stereocenters. The summed E-state index contributed by atoms with van der Waals surface area (Å²) in [5, 5.41) is 1.38. The number of fused-ring (bicyclic) bond motifs is 3. The number of nitrogens with zero attached hydrogens (tertiary/aromatic N) is 3. The minimum absolute atomic E-state index is 0.950. The maximum absolute atomic E-state index is 4.27. The minimum atomic E-state index is 0.950. The molecule has 144 valence electrons. The molecule has 1 aliphatic rings. The van der Waals surface area contributed by atoms with Crippen molar-refractivity contribution in [2.45, 2.75) is 26.4 Å². The molecule has 0 fully saturated rings. The molecular weight excluding hydrogens is 354 g/mol. The van der Waals surface area contributed by atoms with Crippen LogP contribution < -0.4 is 0 Å². The van der Waals surface area contributed by atoms with Gasteiger partial charge in [-0.2, -0.15) is 0 Å². The molecule has 3 nitrogen and oxygen atoms in total. The molecule has 0 bridgehead atoms. The molecule has 2 aromatic carbocycles. The van der Waals surface area contributed by atoms with Crippen LogP contribution in [0.25, 0.3) is 23.2 Å². The van der Waals surface area contributed by atoms with Gasteiger partial charge in [0.1, 0.15) is 0 Å². The number of pyridine rings is 1. The molecule has 2 aromatic heterocycles. The van der Waals surface area contributed by atoms with E-state index in [4.69, 9.17) is 0 Å². The molecule has 4 aromatic rings. The van der Waals surface area contributed by atoms with E-state index in [1.165, 1.54) is 38.9 Å². The van der Waals surface area contributed by atoms with Crippen molar-refractivity contribution in [3.63, 3.8) is 0 Å². The van der Waals surface area contributed by atoms with Crippen LogP contribution in [0.2, 0.25) is 0 Å². The van der Waals surface area contributed by atoms with Gasteiger partial charge in [0, 0.05) is 55.7 Å². The van der Waals surface area contributed by atoms with Crippen LogP contribution in [-0.2, 0) is 19.5 Å². The second-order valence-electron chi connectivity index (χ2n) is 7.86. The summed E-state index contributed by atoms with van der Waals surface area (Å²) in [7, 11) is 0. The first-order valence-electron chi connectivity index (χ1n) is 10.2. The van der Waals surface area contributed by atoms with Crippen molar-refractivity contribution >= 4 is 23.2 Å². The van der Waals surface area contributed by atoms with E-state index in [1.54, 1.807) is 0 Å². The lowest BCUT2D eigenvalue weighted by atomic mass is 10.0. The Morgan fingerprint density at radius 1 is 1.03 bits per heavy atom. The van der Waals surface area contributed by atoms with Crippen LogP contribution >= 0.6 is 0 Å². The Labute approximate surface area is 171 Å². The van der Waals surface area contributed by atoms with Gasteiger partial charge in [-0.3, -0.25) is 9.88 Å². The van der Waals surface area contributed by atoms with Crippen molar-refractivity contribution in [1.82, 2.24) is 14.5 Å². The first-order valence-corrected chi connectivity index (χ1v) is 10.2. The van der Waals surface area contributed by atoms with E-state index in [0.717, 1.165) is 26.1 Å². The Hall–Kier alpha value is -3.17. The zero-order valence-electron chi connectivity index (χ0n) is 16.8. The van der Waals surface area contributed by atoms with Crippen LogP contribution in [0.15, 0.2) is 73.1 Å². The lowest BCUT2D eigenvalue weighted by molar-refractivity contribution is 0.244. The molecule has 29 heavy (non-hydrogen) atoms. The summed E-state index contributed by atoms with van der Waals surface area (Å²) < 4.78 is 2.40. The van der Waals surface area contributed by atoms with E-state index in [2.05, 4.69) is 88.2 Å². The van der Waals surface area contributed by atoms with Crippen LogP contribution in [0.5, 0.6) is 0 Å². The maximum atomic E-state index is 4.27. The van der Waals surface area contributed by atoms with Gasteiger partial charge in [0.05, 0.1) is 5.52 Å². The molecule has 3 heterocycles. The third-order valence-corrected chi connectivity index (χ3v) is 5.77. The van der Waals surface area contributed by atoms with Crippen LogP contribution in [-0.4, -0.2) is 21.0 Å². The molecule has 3 heteroatoms. The van der Waals surface area contributed by atoms with Crippen molar-refractivity contribution in [2.75, 3.05) is 6.54 Å². The summed E-state index contributed by atoms with van der Waals surface area (Å²) in [6.45, 7) is 5.18. The van der Waals surface area contributed by atoms with E-state index >= 15 is 0 Å². The maximum Gasteiger partial charge on any atom is 0.0528 e. The highest BCUT2D eigenvalue weighted by molar-refractivity contribution is 5.89. The molecule has 0 unspecified atom stereocenters. The summed E-state index contributed by atoms with van der Waals surface area (Å²) in [5.74, 6) is 0. The molecule has 1 aliphatic heterocycles. The summed E-state index contributed by atoms with van der Waals surface area (Å²) in [6, 6.07) is 21.5. The smallest absolute Gasteiger partial charge is 0.0528 e. The van der Waals surface area contributed by atoms with Crippen LogP contribution in [0.1, 0.15) is 27.9 Å². The van der Waals surface area contributed by atoms with E-state index in [0.29, 0.717) is 0 Å². The molecule has 0 radical (unpaired) electrons. The zero-order valence-corrected chi connectivity index (χ0v) is 16.8. The Morgan fingerprint density at radius 3 is 2.76 bits per heavy atom. The predicted octanol–water partition coefficient (Wildman–Crippen LogP) is 5.53. The number of aromatic nitrogens is 2. The highest BCUT2D eigenvalue weighted by Gasteiger charge is 2.23. The van der Waals surface area contributed by atoms with Gasteiger partial charge in [0.25, 0.3) is 0 Å². The van der Waals surface area contributed by atoms with Crippen molar-refractivity contribution in [1.29, 1.82) is 0 Å². The SMILES string of the molecule is Cc1ccc2c(c1)c1c(n2/C=C/c2ccccc2)CCN(Cc2cccnc2)C1. The predicted molar refractivity (Wildman–Crippen MR) is 120 cm³/mol. The molecule has 0 amide bonds. The van der Waals surface area contributed by atoms with Crippen LogP contribution in [0, 0.1) is 6.92 Å². The van der Waals surface area contributed by atoms with E-state index in [1.807, 2.05) is 18.5 Å².